The molecular weight excluding hydrogens is 338 g/mol. The number of nitrogens with two attached hydrogens (primary N) is 1. The third-order valence-corrected chi connectivity index (χ3v) is 4.35. The Hall–Kier alpha value is -1.31. The molecule has 1 atom stereocenters. The van der Waals surface area contributed by atoms with Crippen LogP contribution in [0, 0.1) is 0 Å². The molecule has 6 nitrogen and oxygen atoms in total. The SMILES string of the molecule is COc1cc(Br)c(CN2CCNCC2C(N)=O)cc1OC. The highest BCUT2D eigenvalue weighted by Gasteiger charge is 2.27. The van der Waals surface area contributed by atoms with Gasteiger partial charge in [0.1, 0.15) is 6.04 Å². The largest absolute Gasteiger partial charge is 0.493 e. The van der Waals surface area contributed by atoms with Crippen molar-refractivity contribution in [1.82, 2.24) is 10.2 Å². The first-order valence-corrected chi connectivity index (χ1v) is 7.50. The van der Waals surface area contributed by atoms with Crippen LogP contribution in [0.5, 0.6) is 11.5 Å². The fourth-order valence-electron chi connectivity index (χ4n) is 2.45. The quantitative estimate of drug-likeness (QED) is 0.812. The number of ether oxygens (including phenoxy) is 2. The fourth-order valence-corrected chi connectivity index (χ4v) is 2.90. The molecule has 1 amide bonds. The van der Waals surface area contributed by atoms with Gasteiger partial charge in [0.05, 0.1) is 14.2 Å². The summed E-state index contributed by atoms with van der Waals surface area (Å²) in [5.74, 6) is 1.03. The number of hydrogen-bond acceptors (Lipinski definition) is 5. The van der Waals surface area contributed by atoms with E-state index in [4.69, 9.17) is 15.2 Å². The summed E-state index contributed by atoms with van der Waals surface area (Å²) in [5.41, 5.74) is 6.50. The van der Waals surface area contributed by atoms with Gasteiger partial charge in [0.15, 0.2) is 11.5 Å². The third kappa shape index (κ3) is 3.66. The van der Waals surface area contributed by atoms with Crippen LogP contribution in [-0.2, 0) is 11.3 Å². The Kier molecular flexibility index (Phi) is 5.44. The Morgan fingerprint density at radius 3 is 2.71 bits per heavy atom. The first-order valence-electron chi connectivity index (χ1n) is 6.71. The molecule has 0 saturated carbocycles. The smallest absolute Gasteiger partial charge is 0.236 e. The van der Waals surface area contributed by atoms with Crippen molar-refractivity contribution in [2.45, 2.75) is 12.6 Å². The van der Waals surface area contributed by atoms with E-state index in [0.29, 0.717) is 24.6 Å². The monoisotopic (exact) mass is 357 g/mol. The van der Waals surface area contributed by atoms with E-state index in [9.17, 15) is 4.79 Å². The number of rotatable bonds is 5. The number of piperazine rings is 1. The van der Waals surface area contributed by atoms with Crippen molar-refractivity contribution in [1.29, 1.82) is 0 Å². The van der Waals surface area contributed by atoms with Crippen LogP contribution in [0.25, 0.3) is 0 Å². The lowest BCUT2D eigenvalue weighted by Gasteiger charge is -2.34. The van der Waals surface area contributed by atoms with Crippen molar-refractivity contribution in [3.05, 3.63) is 22.2 Å². The molecule has 7 heteroatoms. The number of carbonyl (C=O) groups excluding carboxylic acids is 1. The molecule has 1 aromatic rings. The fraction of sp³-hybridized carbons (Fsp3) is 0.500. The number of nitrogens with zero attached hydrogens (tertiary/aromatic N) is 1. The summed E-state index contributed by atoms with van der Waals surface area (Å²) in [5, 5.41) is 3.19. The highest BCUT2D eigenvalue weighted by molar-refractivity contribution is 9.10. The van der Waals surface area contributed by atoms with Crippen molar-refractivity contribution in [2.75, 3.05) is 33.9 Å². The Morgan fingerprint density at radius 1 is 1.43 bits per heavy atom. The van der Waals surface area contributed by atoms with Crippen LogP contribution in [0.2, 0.25) is 0 Å². The number of benzene rings is 1. The van der Waals surface area contributed by atoms with Gasteiger partial charge < -0.3 is 20.5 Å². The zero-order valence-electron chi connectivity index (χ0n) is 12.2. The maximum absolute atomic E-state index is 11.5. The van der Waals surface area contributed by atoms with Crippen molar-refractivity contribution < 1.29 is 14.3 Å². The van der Waals surface area contributed by atoms with Gasteiger partial charge in [0, 0.05) is 30.7 Å². The standard InChI is InChI=1S/C14H20BrN3O3/c1-20-12-5-9(10(15)6-13(12)21-2)8-18-4-3-17-7-11(18)14(16)19/h5-6,11,17H,3-4,7-8H2,1-2H3,(H2,16,19). The summed E-state index contributed by atoms with van der Waals surface area (Å²) < 4.78 is 11.5. The van der Waals surface area contributed by atoms with Crippen LogP contribution in [0.3, 0.4) is 0 Å². The van der Waals surface area contributed by atoms with Gasteiger partial charge in [-0.3, -0.25) is 9.69 Å². The van der Waals surface area contributed by atoms with Crippen LogP contribution in [0.15, 0.2) is 16.6 Å². The van der Waals surface area contributed by atoms with E-state index in [-0.39, 0.29) is 11.9 Å². The minimum absolute atomic E-state index is 0.293. The lowest BCUT2D eigenvalue weighted by molar-refractivity contribution is -0.124. The van der Waals surface area contributed by atoms with Gasteiger partial charge in [0.2, 0.25) is 5.91 Å². The summed E-state index contributed by atoms with van der Waals surface area (Å²) >= 11 is 3.54. The molecule has 0 radical (unpaired) electrons. The Labute approximate surface area is 132 Å². The van der Waals surface area contributed by atoms with Gasteiger partial charge in [-0.25, -0.2) is 0 Å². The predicted molar refractivity (Wildman–Crippen MR) is 83.5 cm³/mol. The zero-order valence-corrected chi connectivity index (χ0v) is 13.8. The molecule has 2 rings (SSSR count). The zero-order chi connectivity index (χ0) is 15.4. The van der Waals surface area contributed by atoms with E-state index in [1.165, 1.54) is 0 Å². The lowest BCUT2D eigenvalue weighted by atomic mass is 10.1. The molecule has 0 aliphatic carbocycles. The van der Waals surface area contributed by atoms with Crippen LogP contribution < -0.4 is 20.5 Å². The average Bonchev–Trinajstić information content (AvgIpc) is 2.49. The van der Waals surface area contributed by atoms with E-state index >= 15 is 0 Å². The van der Waals surface area contributed by atoms with Gasteiger partial charge in [0.25, 0.3) is 0 Å². The minimum Gasteiger partial charge on any atom is -0.493 e. The van der Waals surface area contributed by atoms with Crippen molar-refractivity contribution in [3.8, 4) is 11.5 Å². The maximum Gasteiger partial charge on any atom is 0.236 e. The third-order valence-electron chi connectivity index (χ3n) is 3.61. The second-order valence-corrected chi connectivity index (χ2v) is 5.75. The van der Waals surface area contributed by atoms with Crippen molar-refractivity contribution >= 4 is 21.8 Å². The second kappa shape index (κ2) is 7.11. The van der Waals surface area contributed by atoms with E-state index in [1.54, 1.807) is 14.2 Å². The van der Waals surface area contributed by atoms with Gasteiger partial charge in [-0.2, -0.15) is 0 Å². The Bertz CT molecular complexity index is 524. The number of nitrogens with one attached hydrogen (secondary N) is 1. The minimum atomic E-state index is -0.307. The second-order valence-electron chi connectivity index (χ2n) is 4.89. The van der Waals surface area contributed by atoms with Gasteiger partial charge >= 0.3 is 0 Å². The van der Waals surface area contributed by atoms with Crippen molar-refractivity contribution in [2.24, 2.45) is 5.73 Å². The number of halogens is 1. The number of amides is 1. The van der Waals surface area contributed by atoms with Gasteiger partial charge in [-0.15, -0.1) is 0 Å². The molecule has 3 N–H and O–H groups in total. The molecule has 1 fully saturated rings. The molecule has 1 aliphatic rings. The molecule has 21 heavy (non-hydrogen) atoms. The Balaban J connectivity index is 2.23. The summed E-state index contributed by atoms with van der Waals surface area (Å²) in [6.07, 6.45) is 0. The summed E-state index contributed by atoms with van der Waals surface area (Å²) in [6.45, 7) is 2.82. The topological polar surface area (TPSA) is 76.8 Å². The molecule has 0 aromatic heterocycles. The molecule has 116 valence electrons. The number of carbonyl (C=O) groups is 1. The number of primary amides is 1. The lowest BCUT2D eigenvalue weighted by Crippen LogP contribution is -2.56. The Morgan fingerprint density at radius 2 is 2.10 bits per heavy atom. The van der Waals surface area contributed by atoms with Crippen LogP contribution in [0.1, 0.15) is 5.56 Å². The van der Waals surface area contributed by atoms with E-state index in [1.807, 2.05) is 12.1 Å². The van der Waals surface area contributed by atoms with E-state index in [2.05, 4.69) is 26.1 Å². The van der Waals surface area contributed by atoms with Crippen LogP contribution in [-0.4, -0.2) is 50.7 Å². The molecule has 0 spiro atoms. The molecule has 0 bridgehead atoms. The summed E-state index contributed by atoms with van der Waals surface area (Å²) in [7, 11) is 3.20. The number of methoxy groups -OCH3 is 2. The molecule has 1 aromatic carbocycles. The molecule has 1 heterocycles. The summed E-state index contributed by atoms with van der Waals surface area (Å²) in [6, 6.07) is 3.50. The molecule has 1 aliphatic heterocycles. The van der Waals surface area contributed by atoms with E-state index < -0.39 is 0 Å². The predicted octanol–water partition coefficient (Wildman–Crippen LogP) is 0.725. The number of hydrogen-bond donors (Lipinski definition) is 2. The van der Waals surface area contributed by atoms with Crippen LogP contribution in [0.4, 0.5) is 0 Å². The molecular formula is C14H20BrN3O3. The average molecular weight is 358 g/mol. The first-order chi connectivity index (χ1) is 10.1. The maximum atomic E-state index is 11.5. The molecule has 1 unspecified atom stereocenters. The normalized spacial score (nSPS) is 19.3. The van der Waals surface area contributed by atoms with E-state index in [0.717, 1.165) is 23.1 Å². The summed E-state index contributed by atoms with van der Waals surface area (Å²) in [4.78, 5) is 13.6. The van der Waals surface area contributed by atoms with Crippen molar-refractivity contribution in [3.63, 3.8) is 0 Å². The highest BCUT2D eigenvalue weighted by atomic mass is 79.9. The highest BCUT2D eigenvalue weighted by Crippen LogP contribution is 2.34. The van der Waals surface area contributed by atoms with Gasteiger partial charge in [-0.1, -0.05) is 15.9 Å². The first kappa shape index (κ1) is 16.1. The van der Waals surface area contributed by atoms with Gasteiger partial charge in [-0.05, 0) is 17.7 Å². The van der Waals surface area contributed by atoms with Crippen LogP contribution >= 0.6 is 15.9 Å². The molecule has 1 saturated heterocycles.